The molecule has 3 aromatic carbocycles. The lowest BCUT2D eigenvalue weighted by atomic mass is 10.0. The molecule has 4 rings (SSSR count). The van der Waals surface area contributed by atoms with E-state index in [-0.39, 0.29) is 11.5 Å². The normalized spacial score (nSPS) is 10.7. The minimum absolute atomic E-state index is 0.0877. The van der Waals surface area contributed by atoms with E-state index < -0.39 is 5.97 Å². The van der Waals surface area contributed by atoms with Gasteiger partial charge < -0.3 is 10.4 Å². The Morgan fingerprint density at radius 1 is 0.968 bits per heavy atom. The van der Waals surface area contributed by atoms with Crippen LogP contribution in [0, 0.1) is 6.92 Å². The van der Waals surface area contributed by atoms with Crippen molar-refractivity contribution in [2.45, 2.75) is 11.8 Å². The van der Waals surface area contributed by atoms with E-state index in [2.05, 4.69) is 10.3 Å². The molecule has 0 aliphatic carbocycles. The monoisotopic (exact) mass is 428 g/mol. The molecule has 2 N–H and O–H groups in total. The van der Waals surface area contributed by atoms with Crippen molar-refractivity contribution < 1.29 is 14.7 Å². The Morgan fingerprint density at radius 2 is 1.68 bits per heavy atom. The number of fused-ring (bicyclic) bond motifs is 1. The predicted octanol–water partition coefficient (Wildman–Crippen LogP) is 5.64. The number of nitrogens with zero attached hydrogens (tertiary/aromatic N) is 1. The molecule has 31 heavy (non-hydrogen) atoms. The van der Waals surface area contributed by atoms with Crippen LogP contribution in [0.25, 0.3) is 22.2 Å². The largest absolute Gasteiger partial charge is 0.478 e. The molecule has 5 nitrogen and oxygen atoms in total. The number of anilines is 1. The Hall–Kier alpha value is -3.64. The molecular weight excluding hydrogens is 408 g/mol. The summed E-state index contributed by atoms with van der Waals surface area (Å²) in [5, 5.41) is 13.1. The second-order valence-electron chi connectivity index (χ2n) is 7.10. The fourth-order valence-electron chi connectivity index (χ4n) is 3.20. The topological polar surface area (TPSA) is 79.3 Å². The van der Waals surface area contributed by atoms with Crippen molar-refractivity contribution in [3.8, 4) is 11.3 Å². The lowest BCUT2D eigenvalue weighted by molar-refractivity contribution is -0.113. The highest BCUT2D eigenvalue weighted by atomic mass is 32.2. The highest BCUT2D eigenvalue weighted by molar-refractivity contribution is 8.00. The fraction of sp³-hybridized carbons (Fsp3) is 0.0800. The molecule has 0 bridgehead atoms. The molecule has 154 valence electrons. The van der Waals surface area contributed by atoms with E-state index in [1.165, 1.54) is 17.3 Å². The average molecular weight is 429 g/mol. The Balaban J connectivity index is 1.47. The van der Waals surface area contributed by atoms with Crippen LogP contribution in [0.2, 0.25) is 0 Å². The lowest BCUT2D eigenvalue weighted by Gasteiger charge is -2.09. The van der Waals surface area contributed by atoms with Gasteiger partial charge in [0.1, 0.15) is 0 Å². The van der Waals surface area contributed by atoms with E-state index >= 15 is 0 Å². The van der Waals surface area contributed by atoms with Crippen molar-refractivity contribution in [1.82, 2.24) is 4.98 Å². The number of carbonyl (C=O) groups is 2. The van der Waals surface area contributed by atoms with E-state index in [1.54, 1.807) is 36.4 Å². The van der Waals surface area contributed by atoms with Gasteiger partial charge in [0.2, 0.25) is 5.91 Å². The Morgan fingerprint density at radius 3 is 2.39 bits per heavy atom. The molecule has 0 saturated heterocycles. The highest BCUT2D eigenvalue weighted by Gasteiger charge is 2.13. The summed E-state index contributed by atoms with van der Waals surface area (Å²) in [5.74, 6) is -0.760. The predicted molar refractivity (Wildman–Crippen MR) is 125 cm³/mol. The zero-order valence-electron chi connectivity index (χ0n) is 16.8. The average Bonchev–Trinajstić information content (AvgIpc) is 2.78. The first kappa shape index (κ1) is 20.6. The fourth-order valence-corrected chi connectivity index (χ4v) is 3.90. The van der Waals surface area contributed by atoms with Crippen molar-refractivity contribution >= 4 is 40.2 Å². The summed E-state index contributed by atoms with van der Waals surface area (Å²) in [6.45, 7) is 2.03. The van der Waals surface area contributed by atoms with Crippen molar-refractivity contribution in [2.24, 2.45) is 0 Å². The van der Waals surface area contributed by atoms with Crippen LogP contribution in [-0.4, -0.2) is 27.7 Å². The number of carbonyl (C=O) groups excluding carboxylic acids is 1. The number of hydrogen-bond donors (Lipinski definition) is 2. The summed E-state index contributed by atoms with van der Waals surface area (Å²) in [6, 6.07) is 24.0. The van der Waals surface area contributed by atoms with Gasteiger partial charge in [0.25, 0.3) is 0 Å². The standard InChI is InChI=1S/C25H20N2O3S/c1-16-6-12-19(13-7-16)31-15-24(28)26-18-10-8-17(9-11-18)23-14-21(25(29)30)20-4-2-3-5-22(20)27-23/h2-14H,15H2,1H3,(H,26,28)(H,29,30). The van der Waals surface area contributed by atoms with Gasteiger partial charge in [-0.3, -0.25) is 4.79 Å². The maximum atomic E-state index is 12.3. The molecule has 1 heterocycles. The number of carboxylic acid groups (broad SMARTS) is 1. The van der Waals surface area contributed by atoms with Crippen LogP contribution < -0.4 is 5.32 Å². The van der Waals surface area contributed by atoms with Crippen LogP contribution in [-0.2, 0) is 4.79 Å². The third kappa shape index (κ3) is 4.92. The molecule has 0 fully saturated rings. The smallest absolute Gasteiger partial charge is 0.336 e. The Labute approximate surface area is 184 Å². The quantitative estimate of drug-likeness (QED) is 0.389. The van der Waals surface area contributed by atoms with Crippen molar-refractivity contribution in [3.63, 3.8) is 0 Å². The number of aryl methyl sites for hydroxylation is 1. The number of rotatable bonds is 6. The molecule has 4 aromatic rings. The first-order valence-corrected chi connectivity index (χ1v) is 10.7. The number of para-hydroxylation sites is 1. The first-order chi connectivity index (χ1) is 15.0. The lowest BCUT2D eigenvalue weighted by Crippen LogP contribution is -2.13. The number of carboxylic acids is 1. The second kappa shape index (κ2) is 9.02. The second-order valence-corrected chi connectivity index (χ2v) is 8.15. The SMILES string of the molecule is Cc1ccc(SCC(=O)Nc2ccc(-c3cc(C(=O)O)c4ccccc4n3)cc2)cc1. The van der Waals surface area contributed by atoms with Crippen LogP contribution in [0.5, 0.6) is 0 Å². The van der Waals surface area contributed by atoms with E-state index in [1.807, 2.05) is 49.4 Å². The number of amides is 1. The Kier molecular flexibility index (Phi) is 6.00. The van der Waals surface area contributed by atoms with Crippen molar-refractivity contribution in [3.05, 3.63) is 90.0 Å². The van der Waals surface area contributed by atoms with Gasteiger partial charge >= 0.3 is 5.97 Å². The molecule has 6 heteroatoms. The molecule has 1 amide bonds. The molecule has 0 unspecified atom stereocenters. The van der Waals surface area contributed by atoms with Crippen molar-refractivity contribution in [2.75, 3.05) is 11.1 Å². The van der Waals surface area contributed by atoms with E-state index in [0.717, 1.165) is 10.5 Å². The van der Waals surface area contributed by atoms with Gasteiger partial charge in [-0.15, -0.1) is 11.8 Å². The van der Waals surface area contributed by atoms with Crippen LogP contribution in [0.3, 0.4) is 0 Å². The maximum absolute atomic E-state index is 12.3. The van der Waals surface area contributed by atoms with Gasteiger partial charge in [0.05, 0.1) is 22.5 Å². The van der Waals surface area contributed by atoms with Crippen LogP contribution in [0.1, 0.15) is 15.9 Å². The molecule has 0 radical (unpaired) electrons. The van der Waals surface area contributed by atoms with Gasteiger partial charge in [-0.2, -0.15) is 0 Å². The number of pyridine rings is 1. The van der Waals surface area contributed by atoms with Crippen LogP contribution in [0.15, 0.2) is 83.8 Å². The summed E-state index contributed by atoms with van der Waals surface area (Å²) >= 11 is 1.48. The third-order valence-corrected chi connectivity index (χ3v) is 5.81. The number of benzene rings is 3. The zero-order chi connectivity index (χ0) is 21.8. The van der Waals surface area contributed by atoms with Gasteiger partial charge in [-0.05, 0) is 43.3 Å². The summed E-state index contributed by atoms with van der Waals surface area (Å²) < 4.78 is 0. The molecule has 0 atom stereocenters. The molecule has 1 aromatic heterocycles. The summed E-state index contributed by atoms with van der Waals surface area (Å²) in [7, 11) is 0. The van der Waals surface area contributed by atoms with E-state index in [0.29, 0.717) is 28.0 Å². The van der Waals surface area contributed by atoms with E-state index in [4.69, 9.17) is 0 Å². The summed E-state index contributed by atoms with van der Waals surface area (Å²) in [4.78, 5) is 29.6. The molecule has 0 aliphatic heterocycles. The third-order valence-electron chi connectivity index (χ3n) is 4.80. The summed E-state index contributed by atoms with van der Waals surface area (Å²) in [5.41, 5.74) is 4.06. The molecule has 0 aliphatic rings. The van der Waals surface area contributed by atoms with Gasteiger partial charge in [0, 0.05) is 21.5 Å². The number of nitrogens with one attached hydrogen (secondary N) is 1. The number of aromatic carboxylic acids is 1. The minimum Gasteiger partial charge on any atom is -0.478 e. The molecular formula is C25H20N2O3S. The minimum atomic E-state index is -0.991. The molecule has 0 spiro atoms. The molecule has 0 saturated carbocycles. The van der Waals surface area contributed by atoms with Crippen LogP contribution >= 0.6 is 11.8 Å². The first-order valence-electron chi connectivity index (χ1n) is 9.72. The maximum Gasteiger partial charge on any atom is 0.336 e. The number of hydrogen-bond acceptors (Lipinski definition) is 4. The summed E-state index contributed by atoms with van der Waals surface area (Å²) in [6.07, 6.45) is 0. The number of aromatic nitrogens is 1. The van der Waals surface area contributed by atoms with Crippen molar-refractivity contribution in [1.29, 1.82) is 0 Å². The highest BCUT2D eigenvalue weighted by Crippen LogP contribution is 2.26. The zero-order valence-corrected chi connectivity index (χ0v) is 17.6. The van der Waals surface area contributed by atoms with Gasteiger partial charge in [0.15, 0.2) is 0 Å². The number of thioether (sulfide) groups is 1. The van der Waals surface area contributed by atoms with Crippen LogP contribution in [0.4, 0.5) is 5.69 Å². The Bertz CT molecular complexity index is 1250. The van der Waals surface area contributed by atoms with E-state index in [9.17, 15) is 14.7 Å². The van der Waals surface area contributed by atoms with Gasteiger partial charge in [-0.1, -0.05) is 48.0 Å². The van der Waals surface area contributed by atoms with Gasteiger partial charge in [-0.25, -0.2) is 9.78 Å².